The lowest BCUT2D eigenvalue weighted by Crippen LogP contribution is -2.49. The Bertz CT molecular complexity index is 924. The van der Waals surface area contributed by atoms with Gasteiger partial charge in [0.2, 0.25) is 0 Å². The van der Waals surface area contributed by atoms with Gasteiger partial charge in [0.05, 0.1) is 13.2 Å². The number of benzene rings is 2. The average Bonchev–Trinajstić information content (AvgIpc) is 2.84. The van der Waals surface area contributed by atoms with E-state index >= 15 is 0 Å². The van der Waals surface area contributed by atoms with Crippen molar-refractivity contribution >= 4 is 17.5 Å². The molecule has 0 radical (unpaired) electrons. The van der Waals surface area contributed by atoms with Gasteiger partial charge in [0, 0.05) is 64.6 Å². The van der Waals surface area contributed by atoms with Crippen LogP contribution in [0.15, 0.2) is 48.5 Å². The highest BCUT2D eigenvalue weighted by molar-refractivity contribution is 6.35. The standard InChI is InChI=1S/C25H35N5O3/c1-28(2)21-11-9-19(10-12-21)22(30-15-13-29(3)14-16-30)18-27-25(32)24(31)26-17-20-7-5-6-8-23(20)33-4/h5-12,22H,13-18H2,1-4H3,(H,26,31)(H,27,32)/t22-/m0/s1. The van der Waals surface area contributed by atoms with Gasteiger partial charge in [-0.15, -0.1) is 0 Å². The Labute approximate surface area is 196 Å². The van der Waals surface area contributed by atoms with Gasteiger partial charge in [-0.1, -0.05) is 30.3 Å². The summed E-state index contributed by atoms with van der Waals surface area (Å²) in [6, 6.07) is 15.8. The molecule has 0 aromatic heterocycles. The molecule has 1 heterocycles. The summed E-state index contributed by atoms with van der Waals surface area (Å²) in [5, 5.41) is 5.53. The number of para-hydroxylation sites is 1. The lowest BCUT2D eigenvalue weighted by atomic mass is 10.0. The maximum Gasteiger partial charge on any atom is 0.309 e. The second kappa shape index (κ2) is 11.7. The first-order valence-corrected chi connectivity index (χ1v) is 11.3. The lowest BCUT2D eigenvalue weighted by Gasteiger charge is -2.38. The monoisotopic (exact) mass is 453 g/mol. The molecule has 1 atom stereocenters. The molecule has 1 fully saturated rings. The fraction of sp³-hybridized carbons (Fsp3) is 0.440. The number of piperazine rings is 1. The normalized spacial score (nSPS) is 15.5. The molecule has 0 unspecified atom stereocenters. The summed E-state index contributed by atoms with van der Waals surface area (Å²) >= 11 is 0. The molecule has 0 spiro atoms. The van der Waals surface area contributed by atoms with Crippen molar-refractivity contribution in [2.45, 2.75) is 12.6 Å². The zero-order valence-corrected chi connectivity index (χ0v) is 20.0. The maximum atomic E-state index is 12.5. The van der Waals surface area contributed by atoms with Crippen molar-refractivity contribution < 1.29 is 14.3 Å². The molecule has 8 nitrogen and oxygen atoms in total. The van der Waals surface area contributed by atoms with Crippen molar-refractivity contribution in [1.82, 2.24) is 20.4 Å². The number of likely N-dealkylation sites (N-methyl/N-ethyl adjacent to an activating group) is 1. The largest absolute Gasteiger partial charge is 0.496 e. The number of hydrogen-bond donors (Lipinski definition) is 2. The zero-order valence-electron chi connectivity index (χ0n) is 20.0. The zero-order chi connectivity index (χ0) is 23.8. The Morgan fingerprint density at radius 3 is 2.24 bits per heavy atom. The average molecular weight is 454 g/mol. The molecule has 2 aromatic carbocycles. The number of anilines is 1. The van der Waals surface area contributed by atoms with Gasteiger partial charge in [-0.05, 0) is 30.8 Å². The van der Waals surface area contributed by atoms with E-state index in [1.54, 1.807) is 7.11 Å². The van der Waals surface area contributed by atoms with Gasteiger partial charge in [-0.3, -0.25) is 14.5 Å². The molecule has 1 saturated heterocycles. The number of carbonyl (C=O) groups excluding carboxylic acids is 2. The number of methoxy groups -OCH3 is 1. The molecule has 2 aromatic rings. The molecule has 0 aliphatic carbocycles. The molecule has 178 valence electrons. The predicted molar refractivity (Wildman–Crippen MR) is 130 cm³/mol. The summed E-state index contributed by atoms with van der Waals surface area (Å²) in [6.07, 6.45) is 0. The van der Waals surface area contributed by atoms with Crippen molar-refractivity contribution in [3.63, 3.8) is 0 Å². The molecule has 1 aliphatic heterocycles. The van der Waals surface area contributed by atoms with Crippen LogP contribution in [0.25, 0.3) is 0 Å². The Morgan fingerprint density at radius 2 is 1.61 bits per heavy atom. The van der Waals surface area contributed by atoms with Crippen LogP contribution in [0, 0.1) is 0 Å². The van der Waals surface area contributed by atoms with Crippen molar-refractivity contribution in [1.29, 1.82) is 0 Å². The predicted octanol–water partition coefficient (Wildman–Crippen LogP) is 1.48. The quantitative estimate of drug-likeness (QED) is 0.590. The van der Waals surface area contributed by atoms with Crippen LogP contribution in [-0.4, -0.2) is 82.6 Å². The van der Waals surface area contributed by atoms with Crippen molar-refractivity contribution in [2.75, 3.05) is 65.9 Å². The first-order chi connectivity index (χ1) is 15.9. The number of nitrogens with one attached hydrogen (secondary N) is 2. The summed E-state index contributed by atoms with van der Waals surface area (Å²) in [5.41, 5.74) is 3.06. The van der Waals surface area contributed by atoms with Crippen LogP contribution in [0.5, 0.6) is 5.75 Å². The number of rotatable bonds is 8. The van der Waals surface area contributed by atoms with Gasteiger partial charge in [0.1, 0.15) is 5.75 Å². The van der Waals surface area contributed by atoms with Crippen LogP contribution in [0.1, 0.15) is 17.2 Å². The Morgan fingerprint density at radius 1 is 0.970 bits per heavy atom. The fourth-order valence-electron chi connectivity index (χ4n) is 3.96. The SMILES string of the molecule is COc1ccccc1CNC(=O)C(=O)NC[C@@H](c1ccc(N(C)C)cc1)N1CCN(C)CC1. The van der Waals surface area contributed by atoms with Gasteiger partial charge in [0.15, 0.2) is 0 Å². The molecule has 8 heteroatoms. The van der Waals surface area contributed by atoms with Crippen LogP contribution >= 0.6 is 0 Å². The highest BCUT2D eigenvalue weighted by Crippen LogP contribution is 2.24. The van der Waals surface area contributed by atoms with E-state index in [4.69, 9.17) is 4.74 Å². The van der Waals surface area contributed by atoms with E-state index < -0.39 is 11.8 Å². The van der Waals surface area contributed by atoms with Gasteiger partial charge < -0.3 is 25.2 Å². The minimum Gasteiger partial charge on any atom is -0.496 e. The molecule has 2 amide bonds. The molecule has 33 heavy (non-hydrogen) atoms. The first-order valence-electron chi connectivity index (χ1n) is 11.3. The van der Waals surface area contributed by atoms with Gasteiger partial charge in [-0.25, -0.2) is 0 Å². The van der Waals surface area contributed by atoms with Crippen molar-refractivity contribution in [3.8, 4) is 5.75 Å². The number of amides is 2. The van der Waals surface area contributed by atoms with Crippen molar-refractivity contribution in [3.05, 3.63) is 59.7 Å². The van der Waals surface area contributed by atoms with E-state index in [-0.39, 0.29) is 12.6 Å². The third kappa shape index (κ3) is 6.69. The lowest BCUT2D eigenvalue weighted by molar-refractivity contribution is -0.139. The molecule has 0 bridgehead atoms. The molecule has 2 N–H and O–H groups in total. The van der Waals surface area contributed by atoms with Crippen LogP contribution in [-0.2, 0) is 16.1 Å². The van der Waals surface area contributed by atoms with Crippen LogP contribution in [0.3, 0.4) is 0 Å². The van der Waals surface area contributed by atoms with Crippen LogP contribution in [0.2, 0.25) is 0 Å². The Hall–Kier alpha value is -3.10. The number of ether oxygens (including phenoxy) is 1. The number of carbonyl (C=O) groups is 2. The van der Waals surface area contributed by atoms with E-state index in [1.165, 1.54) is 0 Å². The number of hydrogen-bond acceptors (Lipinski definition) is 6. The first kappa shape index (κ1) is 24.5. The smallest absolute Gasteiger partial charge is 0.309 e. The van der Waals surface area contributed by atoms with E-state index in [0.29, 0.717) is 12.3 Å². The summed E-state index contributed by atoms with van der Waals surface area (Å²) in [5.74, 6) is -0.607. The Balaban J connectivity index is 1.62. The fourth-order valence-corrected chi connectivity index (χ4v) is 3.96. The second-order valence-electron chi connectivity index (χ2n) is 8.55. The minimum absolute atomic E-state index is 0.000814. The summed E-state index contributed by atoms with van der Waals surface area (Å²) in [6.45, 7) is 4.36. The molecular weight excluding hydrogens is 418 g/mol. The van der Waals surface area contributed by atoms with Crippen molar-refractivity contribution in [2.24, 2.45) is 0 Å². The minimum atomic E-state index is -0.652. The topological polar surface area (TPSA) is 77.1 Å². The molecule has 1 aliphatic rings. The summed E-state index contributed by atoms with van der Waals surface area (Å²) in [4.78, 5) is 31.7. The van der Waals surface area contributed by atoms with E-state index in [2.05, 4.69) is 56.6 Å². The third-order valence-electron chi connectivity index (χ3n) is 6.07. The number of nitrogens with zero attached hydrogens (tertiary/aromatic N) is 3. The highest BCUT2D eigenvalue weighted by atomic mass is 16.5. The molecule has 0 saturated carbocycles. The van der Waals surface area contributed by atoms with E-state index in [1.807, 2.05) is 38.4 Å². The van der Waals surface area contributed by atoms with E-state index in [9.17, 15) is 9.59 Å². The van der Waals surface area contributed by atoms with E-state index in [0.717, 1.165) is 43.0 Å². The molecular formula is C25H35N5O3. The van der Waals surface area contributed by atoms with Gasteiger partial charge in [0.25, 0.3) is 0 Å². The molecule has 3 rings (SSSR count). The van der Waals surface area contributed by atoms with Crippen LogP contribution < -0.4 is 20.3 Å². The van der Waals surface area contributed by atoms with Crippen LogP contribution in [0.4, 0.5) is 5.69 Å². The summed E-state index contributed by atoms with van der Waals surface area (Å²) < 4.78 is 5.30. The van der Waals surface area contributed by atoms with Gasteiger partial charge in [-0.2, -0.15) is 0 Å². The third-order valence-corrected chi connectivity index (χ3v) is 6.07. The Kier molecular flexibility index (Phi) is 8.68. The maximum absolute atomic E-state index is 12.5. The van der Waals surface area contributed by atoms with Gasteiger partial charge >= 0.3 is 11.8 Å². The highest BCUT2D eigenvalue weighted by Gasteiger charge is 2.25. The second-order valence-corrected chi connectivity index (χ2v) is 8.55. The summed E-state index contributed by atoms with van der Waals surface area (Å²) in [7, 11) is 7.72.